The summed E-state index contributed by atoms with van der Waals surface area (Å²) in [5, 5.41) is 3.30. The fourth-order valence-corrected chi connectivity index (χ4v) is 2.59. The maximum Gasteiger partial charge on any atom is 0.197 e. The molecule has 0 aliphatic carbocycles. The Labute approximate surface area is 126 Å². The summed E-state index contributed by atoms with van der Waals surface area (Å²) >= 11 is 0. The molecular formula is C18H14F3N. The Balaban J connectivity index is 2.27. The van der Waals surface area contributed by atoms with E-state index in [1.54, 1.807) is 18.2 Å². The maximum absolute atomic E-state index is 14.3. The number of fused-ring (bicyclic) bond motifs is 1. The summed E-state index contributed by atoms with van der Waals surface area (Å²) in [6.07, 6.45) is 0. The molecule has 0 saturated heterocycles. The van der Waals surface area contributed by atoms with Gasteiger partial charge >= 0.3 is 0 Å². The average molecular weight is 301 g/mol. The number of hydrogen-bond acceptors (Lipinski definition) is 1. The van der Waals surface area contributed by atoms with Crippen LogP contribution in [0.25, 0.3) is 10.8 Å². The summed E-state index contributed by atoms with van der Waals surface area (Å²) in [7, 11) is 0. The zero-order valence-corrected chi connectivity index (χ0v) is 12.2. The van der Waals surface area contributed by atoms with Gasteiger partial charge in [0.2, 0.25) is 0 Å². The van der Waals surface area contributed by atoms with Crippen molar-refractivity contribution >= 4 is 22.1 Å². The van der Waals surface area contributed by atoms with Gasteiger partial charge in [0, 0.05) is 16.5 Å². The first kappa shape index (κ1) is 14.4. The summed E-state index contributed by atoms with van der Waals surface area (Å²) in [5.74, 6) is -3.84. The highest BCUT2D eigenvalue weighted by Gasteiger charge is 2.20. The van der Waals surface area contributed by atoms with Crippen molar-refractivity contribution in [2.75, 3.05) is 5.32 Å². The number of benzene rings is 3. The third-order valence-corrected chi connectivity index (χ3v) is 3.77. The molecule has 0 fully saturated rings. The second kappa shape index (κ2) is 5.37. The monoisotopic (exact) mass is 301 g/mol. The van der Waals surface area contributed by atoms with Gasteiger partial charge in [-0.15, -0.1) is 0 Å². The fraction of sp³-hybridized carbons (Fsp3) is 0.111. The first-order chi connectivity index (χ1) is 10.5. The number of aryl methyl sites for hydroxylation is 2. The van der Waals surface area contributed by atoms with E-state index >= 15 is 0 Å². The van der Waals surface area contributed by atoms with Gasteiger partial charge in [0.25, 0.3) is 0 Å². The zero-order chi connectivity index (χ0) is 15.9. The van der Waals surface area contributed by atoms with Crippen molar-refractivity contribution in [2.24, 2.45) is 0 Å². The summed E-state index contributed by atoms with van der Waals surface area (Å²) < 4.78 is 42.0. The van der Waals surface area contributed by atoms with Gasteiger partial charge in [-0.1, -0.05) is 42.5 Å². The third-order valence-electron chi connectivity index (χ3n) is 3.77. The van der Waals surface area contributed by atoms with Crippen LogP contribution >= 0.6 is 0 Å². The highest BCUT2D eigenvalue weighted by molar-refractivity contribution is 5.96. The molecule has 0 aliphatic rings. The lowest BCUT2D eigenvalue weighted by molar-refractivity contribution is 0.455. The van der Waals surface area contributed by atoms with Gasteiger partial charge in [0.15, 0.2) is 17.5 Å². The molecule has 0 amide bonds. The van der Waals surface area contributed by atoms with Crippen LogP contribution in [0.3, 0.4) is 0 Å². The topological polar surface area (TPSA) is 12.0 Å². The van der Waals surface area contributed by atoms with Gasteiger partial charge in [0.05, 0.1) is 5.69 Å². The molecule has 0 unspecified atom stereocenters. The second-order valence-electron chi connectivity index (χ2n) is 5.25. The minimum atomic E-state index is -1.47. The van der Waals surface area contributed by atoms with Crippen molar-refractivity contribution < 1.29 is 13.2 Å². The molecule has 0 spiro atoms. The molecule has 0 atom stereocenters. The molecule has 1 nitrogen and oxygen atoms in total. The number of halogens is 3. The molecule has 3 aromatic rings. The van der Waals surface area contributed by atoms with E-state index in [1.165, 1.54) is 6.07 Å². The standard InChI is InChI=1S/C18H14F3N/c1-10-6-5-7-11(2)17(10)22-18-13-9-4-3-8-12(13)14(19)15(20)16(18)21/h3-9,22H,1-2H3. The Morgan fingerprint density at radius 3 is 1.86 bits per heavy atom. The lowest BCUT2D eigenvalue weighted by Gasteiger charge is -2.16. The molecule has 112 valence electrons. The summed E-state index contributed by atoms with van der Waals surface area (Å²) in [5.41, 5.74) is 2.44. The Bertz CT molecular complexity index is 852. The van der Waals surface area contributed by atoms with Crippen LogP contribution in [0.4, 0.5) is 24.5 Å². The highest BCUT2D eigenvalue weighted by atomic mass is 19.2. The molecule has 0 bridgehead atoms. The largest absolute Gasteiger partial charge is 0.352 e. The van der Waals surface area contributed by atoms with Gasteiger partial charge in [-0.05, 0) is 25.0 Å². The van der Waals surface area contributed by atoms with Crippen LogP contribution in [0.5, 0.6) is 0 Å². The maximum atomic E-state index is 14.3. The quantitative estimate of drug-likeness (QED) is 0.606. The fourth-order valence-electron chi connectivity index (χ4n) is 2.59. The van der Waals surface area contributed by atoms with E-state index in [2.05, 4.69) is 5.32 Å². The highest BCUT2D eigenvalue weighted by Crippen LogP contribution is 2.35. The van der Waals surface area contributed by atoms with Crippen LogP contribution < -0.4 is 5.32 Å². The average Bonchev–Trinajstić information content (AvgIpc) is 2.52. The molecular weight excluding hydrogens is 287 g/mol. The van der Waals surface area contributed by atoms with E-state index in [9.17, 15) is 13.2 Å². The van der Waals surface area contributed by atoms with Gasteiger partial charge < -0.3 is 5.32 Å². The normalized spacial score (nSPS) is 11.0. The smallest absolute Gasteiger partial charge is 0.197 e. The van der Waals surface area contributed by atoms with Crippen LogP contribution in [-0.2, 0) is 0 Å². The van der Waals surface area contributed by atoms with E-state index < -0.39 is 17.5 Å². The summed E-state index contributed by atoms with van der Waals surface area (Å²) in [6.45, 7) is 3.74. The van der Waals surface area contributed by atoms with Crippen LogP contribution in [0.1, 0.15) is 11.1 Å². The molecule has 0 aromatic heterocycles. The molecule has 3 rings (SSSR count). The third kappa shape index (κ3) is 2.21. The molecule has 22 heavy (non-hydrogen) atoms. The molecule has 0 heterocycles. The van der Waals surface area contributed by atoms with Crippen molar-refractivity contribution in [3.63, 3.8) is 0 Å². The van der Waals surface area contributed by atoms with Crippen molar-refractivity contribution in [3.8, 4) is 0 Å². The predicted molar refractivity (Wildman–Crippen MR) is 83.0 cm³/mol. The molecule has 0 saturated carbocycles. The van der Waals surface area contributed by atoms with E-state index in [1.807, 2.05) is 32.0 Å². The van der Waals surface area contributed by atoms with E-state index in [-0.39, 0.29) is 11.1 Å². The second-order valence-corrected chi connectivity index (χ2v) is 5.25. The van der Waals surface area contributed by atoms with Crippen LogP contribution in [0.15, 0.2) is 42.5 Å². The van der Waals surface area contributed by atoms with Gasteiger partial charge in [-0.2, -0.15) is 0 Å². The van der Waals surface area contributed by atoms with E-state index in [4.69, 9.17) is 0 Å². The van der Waals surface area contributed by atoms with Crippen LogP contribution in [0.2, 0.25) is 0 Å². The first-order valence-corrected chi connectivity index (χ1v) is 6.89. The van der Waals surface area contributed by atoms with Crippen LogP contribution in [-0.4, -0.2) is 0 Å². The summed E-state index contributed by atoms with van der Waals surface area (Å²) in [4.78, 5) is 0. The van der Waals surface area contributed by atoms with Crippen molar-refractivity contribution in [2.45, 2.75) is 13.8 Å². The lowest BCUT2D eigenvalue weighted by Crippen LogP contribution is -2.03. The number of hydrogen-bond donors (Lipinski definition) is 1. The lowest BCUT2D eigenvalue weighted by atomic mass is 10.0. The Hall–Kier alpha value is -2.49. The minimum Gasteiger partial charge on any atom is -0.352 e. The number of rotatable bonds is 2. The zero-order valence-electron chi connectivity index (χ0n) is 12.2. The van der Waals surface area contributed by atoms with Crippen molar-refractivity contribution in [3.05, 3.63) is 71.0 Å². The number of nitrogens with one attached hydrogen (secondary N) is 1. The predicted octanol–water partition coefficient (Wildman–Crippen LogP) is 5.62. The molecule has 4 heteroatoms. The minimum absolute atomic E-state index is 0.0492. The number of para-hydroxylation sites is 1. The Morgan fingerprint density at radius 2 is 1.23 bits per heavy atom. The van der Waals surface area contributed by atoms with Gasteiger partial charge in [-0.3, -0.25) is 0 Å². The van der Waals surface area contributed by atoms with Crippen LogP contribution in [0, 0.1) is 31.3 Å². The van der Waals surface area contributed by atoms with E-state index in [0.717, 1.165) is 11.1 Å². The molecule has 0 aliphatic heterocycles. The van der Waals surface area contributed by atoms with Gasteiger partial charge in [0.1, 0.15) is 0 Å². The Morgan fingerprint density at radius 1 is 0.636 bits per heavy atom. The van der Waals surface area contributed by atoms with E-state index in [0.29, 0.717) is 11.1 Å². The summed E-state index contributed by atoms with van der Waals surface area (Å²) in [6, 6.07) is 11.9. The first-order valence-electron chi connectivity index (χ1n) is 6.89. The molecule has 1 N–H and O–H groups in total. The van der Waals surface area contributed by atoms with Crippen molar-refractivity contribution in [1.29, 1.82) is 0 Å². The SMILES string of the molecule is Cc1cccc(C)c1Nc1c(F)c(F)c(F)c2ccccc12. The molecule has 3 aromatic carbocycles. The Kier molecular flexibility index (Phi) is 3.53. The number of anilines is 2. The molecule has 0 radical (unpaired) electrons. The van der Waals surface area contributed by atoms with Gasteiger partial charge in [-0.25, -0.2) is 13.2 Å². The van der Waals surface area contributed by atoms with Crippen molar-refractivity contribution in [1.82, 2.24) is 0 Å².